The maximum atomic E-state index is 12.3. The van der Waals surface area contributed by atoms with Crippen molar-refractivity contribution in [2.75, 3.05) is 6.61 Å². The van der Waals surface area contributed by atoms with E-state index in [1.807, 2.05) is 6.07 Å². The number of fused-ring (bicyclic) bond motifs is 1. The highest BCUT2D eigenvalue weighted by Crippen LogP contribution is 2.45. The van der Waals surface area contributed by atoms with Crippen molar-refractivity contribution in [3.05, 3.63) is 28.8 Å². The van der Waals surface area contributed by atoms with Gasteiger partial charge in [-0.25, -0.2) is 4.79 Å². The third-order valence-electron chi connectivity index (χ3n) is 5.93. The van der Waals surface area contributed by atoms with Gasteiger partial charge in [0.25, 0.3) is 0 Å². The molecule has 1 aromatic rings. The molecule has 0 aromatic heterocycles. The van der Waals surface area contributed by atoms with E-state index in [1.165, 1.54) is 0 Å². The van der Waals surface area contributed by atoms with Gasteiger partial charge < -0.3 is 15.2 Å². The number of thioether (sulfide) groups is 1. The molecule has 0 spiro atoms. The van der Waals surface area contributed by atoms with E-state index in [-0.39, 0.29) is 12.0 Å². The number of hydrogen-bond donors (Lipinski definition) is 2. The number of ether oxygens (including phenoxy) is 1. The molecule has 1 aliphatic heterocycles. The molecule has 1 aromatic carbocycles. The summed E-state index contributed by atoms with van der Waals surface area (Å²) in [5.74, 6) is -0.162. The number of rotatable bonds is 6. The van der Waals surface area contributed by atoms with Crippen LogP contribution in [0.25, 0.3) is 0 Å². The molecular formula is C21H28ClNO4S. The number of piperidine rings is 1. The number of hydrogen-bond acceptors (Lipinski definition) is 5. The molecule has 3 rings (SSSR count). The first-order valence-electron chi connectivity index (χ1n) is 10.0. The molecule has 0 bridgehead atoms. The van der Waals surface area contributed by atoms with Crippen molar-refractivity contribution in [3.8, 4) is 0 Å². The van der Waals surface area contributed by atoms with Crippen LogP contribution in [0.1, 0.15) is 56.3 Å². The van der Waals surface area contributed by atoms with E-state index < -0.39 is 12.0 Å². The molecule has 1 saturated heterocycles. The van der Waals surface area contributed by atoms with Crippen LogP contribution < -0.4 is 5.32 Å². The predicted molar refractivity (Wildman–Crippen MR) is 111 cm³/mol. The van der Waals surface area contributed by atoms with Crippen LogP contribution in [0.3, 0.4) is 0 Å². The highest BCUT2D eigenvalue weighted by molar-refractivity contribution is 8.00. The Morgan fingerprint density at radius 1 is 1.29 bits per heavy atom. The van der Waals surface area contributed by atoms with Crippen molar-refractivity contribution in [1.29, 1.82) is 0 Å². The average Bonchev–Trinajstić information content (AvgIpc) is 2.67. The van der Waals surface area contributed by atoms with Crippen LogP contribution in [0.4, 0.5) is 0 Å². The quantitative estimate of drug-likeness (QED) is 0.647. The first kappa shape index (κ1) is 21.5. The number of carboxylic acids is 1. The van der Waals surface area contributed by atoms with E-state index in [0.29, 0.717) is 40.7 Å². The minimum Gasteiger partial charge on any atom is -0.480 e. The number of benzene rings is 1. The molecule has 1 unspecified atom stereocenters. The molecule has 1 aliphatic carbocycles. The summed E-state index contributed by atoms with van der Waals surface area (Å²) in [6.07, 6.45) is 4.72. The number of halogens is 1. The summed E-state index contributed by atoms with van der Waals surface area (Å²) in [5.41, 5.74) is 0.554. The summed E-state index contributed by atoms with van der Waals surface area (Å²) in [7, 11) is 0. The summed E-state index contributed by atoms with van der Waals surface area (Å²) >= 11 is 7.86. The first-order chi connectivity index (χ1) is 13.4. The Balaban J connectivity index is 1.74. The van der Waals surface area contributed by atoms with Crippen molar-refractivity contribution in [1.82, 2.24) is 5.32 Å². The van der Waals surface area contributed by atoms with Gasteiger partial charge in [0.05, 0.1) is 12.2 Å². The minimum absolute atomic E-state index is 0.270. The van der Waals surface area contributed by atoms with Crippen molar-refractivity contribution in [3.63, 3.8) is 0 Å². The number of nitrogens with one attached hydrogen (secondary N) is 1. The summed E-state index contributed by atoms with van der Waals surface area (Å²) in [6, 6.07) is 5.09. The van der Waals surface area contributed by atoms with Crippen LogP contribution in [0, 0.1) is 11.8 Å². The highest BCUT2D eigenvalue weighted by atomic mass is 35.5. The molecular weight excluding hydrogens is 398 g/mol. The maximum absolute atomic E-state index is 12.3. The summed E-state index contributed by atoms with van der Waals surface area (Å²) in [6.45, 7) is 4.25. The van der Waals surface area contributed by atoms with Gasteiger partial charge in [-0.2, -0.15) is 0 Å². The standard InChI is InChI=1S/C21H28ClNO4S/c1-3-17-15-8-6-14(9-12(15)10-18(23-17)20(24)25)28-19-11-13(22)5-7-16(19)21(26)27-4-2/h5,7,11-12,14-15,17-18,23H,3-4,6,8-10H2,1-2H3,(H,24,25)/t12-,14+,15-,17?,18+/m1/s1. The average molecular weight is 426 g/mol. The topological polar surface area (TPSA) is 75.6 Å². The van der Waals surface area contributed by atoms with Crippen LogP contribution in [0.2, 0.25) is 5.02 Å². The van der Waals surface area contributed by atoms with E-state index in [1.54, 1.807) is 30.8 Å². The Kier molecular flexibility index (Phi) is 7.29. The van der Waals surface area contributed by atoms with Crippen molar-refractivity contribution < 1.29 is 19.4 Å². The van der Waals surface area contributed by atoms with Gasteiger partial charge in [-0.15, -0.1) is 11.8 Å². The van der Waals surface area contributed by atoms with Gasteiger partial charge in [0.15, 0.2) is 0 Å². The smallest absolute Gasteiger partial charge is 0.339 e. The molecule has 1 saturated carbocycles. The van der Waals surface area contributed by atoms with Gasteiger partial charge >= 0.3 is 11.9 Å². The Morgan fingerprint density at radius 2 is 2.07 bits per heavy atom. The largest absolute Gasteiger partial charge is 0.480 e. The zero-order chi connectivity index (χ0) is 20.3. The Morgan fingerprint density at radius 3 is 2.75 bits per heavy atom. The van der Waals surface area contributed by atoms with Gasteiger partial charge in [0, 0.05) is 21.2 Å². The maximum Gasteiger partial charge on any atom is 0.339 e. The van der Waals surface area contributed by atoms with E-state index in [0.717, 1.165) is 30.6 Å². The summed E-state index contributed by atoms with van der Waals surface area (Å²) < 4.78 is 5.18. The Hall–Kier alpha value is -1.24. The van der Waals surface area contributed by atoms with Crippen LogP contribution in [0.15, 0.2) is 23.1 Å². The van der Waals surface area contributed by atoms with Crippen LogP contribution in [0.5, 0.6) is 0 Å². The molecule has 5 nitrogen and oxygen atoms in total. The second-order valence-corrected chi connectivity index (χ2v) is 9.42. The molecule has 5 atom stereocenters. The lowest BCUT2D eigenvalue weighted by molar-refractivity contribution is -0.141. The van der Waals surface area contributed by atoms with Crippen molar-refractivity contribution >= 4 is 35.3 Å². The second kappa shape index (κ2) is 9.51. The molecule has 2 fully saturated rings. The van der Waals surface area contributed by atoms with E-state index in [4.69, 9.17) is 16.3 Å². The van der Waals surface area contributed by atoms with Crippen molar-refractivity contribution in [2.45, 2.75) is 68.2 Å². The SMILES string of the molecule is CCOC(=O)c1ccc(Cl)cc1S[C@H]1CC[C@H]2C(CC)N[C@H](C(=O)O)C[C@H]2C1. The zero-order valence-electron chi connectivity index (χ0n) is 16.3. The van der Waals surface area contributed by atoms with Crippen LogP contribution in [-0.2, 0) is 9.53 Å². The molecule has 154 valence electrons. The van der Waals surface area contributed by atoms with Crippen LogP contribution >= 0.6 is 23.4 Å². The first-order valence-corrected chi connectivity index (χ1v) is 11.3. The normalized spacial score (nSPS) is 29.8. The van der Waals surface area contributed by atoms with E-state index >= 15 is 0 Å². The van der Waals surface area contributed by atoms with Crippen LogP contribution in [-0.4, -0.2) is 41.0 Å². The lowest BCUT2D eigenvalue weighted by Gasteiger charge is -2.46. The molecule has 7 heteroatoms. The summed E-state index contributed by atoms with van der Waals surface area (Å²) in [5, 5.41) is 13.8. The molecule has 1 heterocycles. The highest BCUT2D eigenvalue weighted by Gasteiger charge is 2.42. The van der Waals surface area contributed by atoms with Gasteiger partial charge in [-0.05, 0) is 69.1 Å². The fourth-order valence-corrected chi connectivity index (χ4v) is 6.31. The molecule has 28 heavy (non-hydrogen) atoms. The number of esters is 1. The fraction of sp³-hybridized carbons (Fsp3) is 0.619. The number of carbonyl (C=O) groups excluding carboxylic acids is 1. The van der Waals surface area contributed by atoms with Gasteiger partial charge in [-0.3, -0.25) is 4.79 Å². The lowest BCUT2D eigenvalue weighted by Crippen LogP contribution is -2.55. The van der Waals surface area contributed by atoms with Gasteiger partial charge in [0.1, 0.15) is 6.04 Å². The minimum atomic E-state index is -0.758. The Bertz CT molecular complexity index is 728. The van der Waals surface area contributed by atoms with Gasteiger partial charge in [-0.1, -0.05) is 18.5 Å². The molecule has 2 aliphatic rings. The summed E-state index contributed by atoms with van der Waals surface area (Å²) in [4.78, 5) is 24.7. The number of carboxylic acid groups (broad SMARTS) is 1. The van der Waals surface area contributed by atoms with Gasteiger partial charge in [0.2, 0.25) is 0 Å². The zero-order valence-corrected chi connectivity index (χ0v) is 17.9. The number of carbonyl (C=O) groups is 2. The molecule has 2 N–H and O–H groups in total. The third kappa shape index (κ3) is 4.84. The monoisotopic (exact) mass is 425 g/mol. The van der Waals surface area contributed by atoms with E-state index in [9.17, 15) is 14.7 Å². The van der Waals surface area contributed by atoms with E-state index in [2.05, 4.69) is 12.2 Å². The fourth-order valence-electron chi connectivity index (χ4n) is 4.65. The second-order valence-electron chi connectivity index (χ2n) is 7.65. The number of aliphatic carboxylic acids is 1. The molecule has 0 radical (unpaired) electrons. The van der Waals surface area contributed by atoms with Crippen molar-refractivity contribution in [2.24, 2.45) is 11.8 Å². The molecule has 0 amide bonds. The predicted octanol–water partition coefficient (Wildman–Crippen LogP) is 4.62. The third-order valence-corrected chi connectivity index (χ3v) is 7.52. The lowest BCUT2D eigenvalue weighted by atomic mass is 9.69. The Labute approximate surface area is 175 Å².